The Labute approximate surface area is 175 Å². The van der Waals surface area contributed by atoms with Gasteiger partial charge >= 0.3 is 0 Å². The van der Waals surface area contributed by atoms with Crippen LogP contribution >= 0.6 is 0 Å². The lowest BCUT2D eigenvalue weighted by atomic mass is 9.77. The molecule has 1 aliphatic heterocycles. The van der Waals surface area contributed by atoms with Crippen LogP contribution in [0.5, 0.6) is 0 Å². The maximum Gasteiger partial charge on any atom is 0.233 e. The van der Waals surface area contributed by atoms with Crippen molar-refractivity contribution in [1.29, 1.82) is 0 Å². The van der Waals surface area contributed by atoms with Gasteiger partial charge in [0.05, 0.1) is 11.8 Å². The average Bonchev–Trinajstić information content (AvgIpc) is 3.26. The molecule has 2 fully saturated rings. The Morgan fingerprint density at radius 1 is 0.833 bits per heavy atom. The summed E-state index contributed by atoms with van der Waals surface area (Å²) >= 11 is 0. The topological polar surface area (TPSA) is 40.6 Å². The number of rotatable bonds is 4. The van der Waals surface area contributed by atoms with Crippen molar-refractivity contribution in [2.45, 2.75) is 37.5 Å². The van der Waals surface area contributed by atoms with E-state index in [9.17, 15) is 18.4 Å². The van der Waals surface area contributed by atoms with Gasteiger partial charge in [0, 0.05) is 26.2 Å². The van der Waals surface area contributed by atoms with Crippen LogP contribution < -0.4 is 0 Å². The predicted octanol–water partition coefficient (Wildman–Crippen LogP) is 3.69. The van der Waals surface area contributed by atoms with Crippen molar-refractivity contribution < 1.29 is 18.4 Å². The van der Waals surface area contributed by atoms with Gasteiger partial charge in [-0.25, -0.2) is 8.78 Å². The summed E-state index contributed by atoms with van der Waals surface area (Å²) in [5.74, 6) is -0.606. The number of carbonyl (C=O) groups excluding carboxylic acids is 2. The van der Waals surface area contributed by atoms with Gasteiger partial charge in [-0.3, -0.25) is 9.59 Å². The third-order valence-electron chi connectivity index (χ3n) is 6.43. The molecular weight excluding hydrogens is 386 g/mol. The number of hydrogen-bond acceptors (Lipinski definition) is 2. The first-order valence-corrected chi connectivity index (χ1v) is 10.6. The minimum absolute atomic E-state index is 0.0191. The van der Waals surface area contributed by atoms with E-state index in [1.165, 1.54) is 24.3 Å². The number of carbonyl (C=O) groups is 2. The fraction of sp³-hybridized carbons (Fsp3) is 0.417. The Morgan fingerprint density at radius 2 is 1.47 bits per heavy atom. The first-order valence-electron chi connectivity index (χ1n) is 10.6. The van der Waals surface area contributed by atoms with E-state index in [0.29, 0.717) is 26.2 Å². The molecule has 0 N–H and O–H groups in total. The molecule has 0 bridgehead atoms. The van der Waals surface area contributed by atoms with Crippen LogP contribution in [-0.4, -0.2) is 47.8 Å². The van der Waals surface area contributed by atoms with Gasteiger partial charge in [0.15, 0.2) is 0 Å². The van der Waals surface area contributed by atoms with Crippen LogP contribution in [0.1, 0.15) is 36.8 Å². The average molecular weight is 412 g/mol. The molecule has 158 valence electrons. The molecule has 4 nitrogen and oxygen atoms in total. The highest BCUT2D eigenvalue weighted by Gasteiger charge is 2.45. The summed E-state index contributed by atoms with van der Waals surface area (Å²) in [6.07, 6.45) is 3.61. The van der Waals surface area contributed by atoms with Crippen molar-refractivity contribution in [1.82, 2.24) is 9.80 Å². The predicted molar refractivity (Wildman–Crippen MR) is 110 cm³/mol. The number of halogens is 2. The second-order valence-electron chi connectivity index (χ2n) is 8.28. The number of nitrogens with zero attached hydrogens (tertiary/aromatic N) is 2. The van der Waals surface area contributed by atoms with Gasteiger partial charge in [0.1, 0.15) is 11.6 Å². The van der Waals surface area contributed by atoms with Gasteiger partial charge in [-0.15, -0.1) is 0 Å². The van der Waals surface area contributed by atoms with E-state index < -0.39 is 5.41 Å². The Balaban J connectivity index is 1.41. The summed E-state index contributed by atoms with van der Waals surface area (Å²) in [7, 11) is 0. The van der Waals surface area contributed by atoms with Crippen LogP contribution in [0.3, 0.4) is 0 Å². The van der Waals surface area contributed by atoms with E-state index in [-0.39, 0.29) is 29.9 Å². The van der Waals surface area contributed by atoms with E-state index in [1.807, 2.05) is 11.0 Å². The zero-order chi connectivity index (χ0) is 21.1. The Hall–Kier alpha value is -2.76. The summed E-state index contributed by atoms with van der Waals surface area (Å²) in [4.78, 5) is 29.7. The van der Waals surface area contributed by atoms with Crippen molar-refractivity contribution in [3.63, 3.8) is 0 Å². The number of benzene rings is 2. The fourth-order valence-corrected chi connectivity index (χ4v) is 4.74. The van der Waals surface area contributed by atoms with Gasteiger partial charge in [-0.2, -0.15) is 0 Å². The highest BCUT2D eigenvalue weighted by atomic mass is 19.1. The molecule has 0 aromatic heterocycles. The van der Waals surface area contributed by atoms with Crippen molar-refractivity contribution in [3.8, 4) is 0 Å². The fourth-order valence-electron chi connectivity index (χ4n) is 4.74. The minimum Gasteiger partial charge on any atom is -0.339 e. The lowest BCUT2D eigenvalue weighted by Gasteiger charge is -2.40. The summed E-state index contributed by atoms with van der Waals surface area (Å²) in [5, 5.41) is 0. The van der Waals surface area contributed by atoms with Gasteiger partial charge in [-0.05, 0) is 48.2 Å². The van der Waals surface area contributed by atoms with E-state index >= 15 is 0 Å². The highest BCUT2D eigenvalue weighted by Crippen LogP contribution is 2.43. The standard InChI is InChI=1S/C24H26F2N2O2/c25-20-8-6-18(7-9-20)16-22(29)27-12-14-28(15-13-27)23(30)24(10-1-2-11-24)19-4-3-5-21(26)17-19/h3-9,17H,1-2,10-16H2. The van der Waals surface area contributed by atoms with Crippen molar-refractivity contribution >= 4 is 11.8 Å². The number of piperazine rings is 1. The second-order valence-corrected chi connectivity index (χ2v) is 8.28. The van der Waals surface area contributed by atoms with Gasteiger partial charge in [0.25, 0.3) is 0 Å². The van der Waals surface area contributed by atoms with Crippen LogP contribution in [-0.2, 0) is 21.4 Å². The molecular formula is C24H26F2N2O2. The summed E-state index contributed by atoms with van der Waals surface area (Å²) in [5.41, 5.74) is 0.887. The quantitative estimate of drug-likeness (QED) is 0.769. The molecule has 2 aromatic rings. The molecule has 6 heteroatoms. The Morgan fingerprint density at radius 3 is 2.10 bits per heavy atom. The van der Waals surface area contributed by atoms with Gasteiger partial charge in [-0.1, -0.05) is 37.1 Å². The maximum absolute atomic E-state index is 13.8. The van der Waals surface area contributed by atoms with Crippen LogP contribution in [0.4, 0.5) is 8.78 Å². The Bertz CT molecular complexity index is 915. The third-order valence-corrected chi connectivity index (χ3v) is 6.43. The molecule has 0 radical (unpaired) electrons. The molecule has 2 amide bonds. The minimum atomic E-state index is -0.650. The lowest BCUT2D eigenvalue weighted by molar-refractivity contribution is -0.143. The lowest BCUT2D eigenvalue weighted by Crippen LogP contribution is -2.55. The molecule has 2 aromatic carbocycles. The van der Waals surface area contributed by atoms with Crippen molar-refractivity contribution in [2.75, 3.05) is 26.2 Å². The van der Waals surface area contributed by atoms with E-state index in [2.05, 4.69) is 0 Å². The molecule has 30 heavy (non-hydrogen) atoms. The molecule has 2 aliphatic rings. The van der Waals surface area contributed by atoms with Crippen LogP contribution in [0.25, 0.3) is 0 Å². The molecule has 1 saturated carbocycles. The van der Waals surface area contributed by atoms with Crippen molar-refractivity contribution in [3.05, 3.63) is 71.3 Å². The van der Waals surface area contributed by atoms with E-state index in [4.69, 9.17) is 0 Å². The van der Waals surface area contributed by atoms with Crippen LogP contribution in [0.15, 0.2) is 48.5 Å². The largest absolute Gasteiger partial charge is 0.339 e. The third kappa shape index (κ3) is 4.09. The number of hydrogen-bond donors (Lipinski definition) is 0. The normalized spacial score (nSPS) is 18.5. The Kier molecular flexibility index (Phi) is 5.84. The summed E-state index contributed by atoms with van der Waals surface area (Å²) in [6.45, 7) is 1.91. The van der Waals surface area contributed by atoms with Crippen molar-refractivity contribution in [2.24, 2.45) is 0 Å². The first kappa shape index (κ1) is 20.5. The van der Waals surface area contributed by atoms with Crippen LogP contribution in [0.2, 0.25) is 0 Å². The molecule has 1 heterocycles. The molecule has 4 rings (SSSR count). The SMILES string of the molecule is O=C(Cc1ccc(F)cc1)N1CCN(C(=O)C2(c3cccc(F)c3)CCCC2)CC1. The zero-order valence-corrected chi connectivity index (χ0v) is 16.9. The maximum atomic E-state index is 13.8. The second kappa shape index (κ2) is 8.54. The zero-order valence-electron chi connectivity index (χ0n) is 16.9. The van der Waals surface area contributed by atoms with Gasteiger partial charge < -0.3 is 9.80 Å². The highest BCUT2D eigenvalue weighted by molar-refractivity contribution is 5.89. The molecule has 0 atom stereocenters. The molecule has 1 aliphatic carbocycles. The van der Waals surface area contributed by atoms with E-state index in [0.717, 1.165) is 36.8 Å². The monoisotopic (exact) mass is 412 g/mol. The molecule has 0 unspecified atom stereocenters. The first-order chi connectivity index (χ1) is 14.5. The molecule has 0 spiro atoms. The number of amides is 2. The van der Waals surface area contributed by atoms with Crippen LogP contribution in [0, 0.1) is 11.6 Å². The smallest absolute Gasteiger partial charge is 0.233 e. The van der Waals surface area contributed by atoms with Gasteiger partial charge in [0.2, 0.25) is 11.8 Å². The summed E-state index contributed by atoms with van der Waals surface area (Å²) in [6, 6.07) is 12.4. The summed E-state index contributed by atoms with van der Waals surface area (Å²) < 4.78 is 26.9. The van der Waals surface area contributed by atoms with E-state index in [1.54, 1.807) is 23.1 Å². The molecule has 1 saturated heterocycles.